The third kappa shape index (κ3) is 4.96. The molecule has 0 aliphatic carbocycles. The predicted molar refractivity (Wildman–Crippen MR) is 106 cm³/mol. The van der Waals surface area contributed by atoms with E-state index in [1.165, 1.54) is 4.90 Å². The molecule has 0 atom stereocenters. The number of unbranched alkanes of at least 4 members (excludes halogenated alkanes) is 1. The van der Waals surface area contributed by atoms with Crippen LogP contribution in [0, 0.1) is 0 Å². The van der Waals surface area contributed by atoms with Crippen LogP contribution in [0.3, 0.4) is 0 Å². The average molecular weight is 439 g/mol. The lowest BCUT2D eigenvalue weighted by atomic mass is 10.1. The molecule has 0 radical (unpaired) electrons. The van der Waals surface area contributed by atoms with Gasteiger partial charge in [0.2, 0.25) is 0 Å². The Kier molecular flexibility index (Phi) is 6.70. The van der Waals surface area contributed by atoms with E-state index in [9.17, 15) is 22.8 Å². The minimum atomic E-state index is -4.45. The molecule has 0 spiro atoms. The van der Waals surface area contributed by atoms with Gasteiger partial charge in [0.05, 0.1) is 17.7 Å². The molecule has 7 nitrogen and oxygen atoms in total. The standard InChI is InChI=1S/C19H20F3N5O2S/c1-23-18(25-10-15-26-14(11-30-15)19(20,21)22)24-8-4-5-9-27-16(28)12-6-2-3-7-13(12)17(27)29/h2-3,6-7,11H,4-5,8-10H2,1H3,(H2,23,24,25). The highest BCUT2D eigenvalue weighted by molar-refractivity contribution is 7.09. The quantitative estimate of drug-likeness (QED) is 0.300. The second kappa shape index (κ2) is 9.24. The van der Waals surface area contributed by atoms with Gasteiger partial charge >= 0.3 is 6.18 Å². The van der Waals surface area contributed by atoms with Gasteiger partial charge in [-0.25, -0.2) is 4.98 Å². The number of nitrogens with zero attached hydrogens (tertiary/aromatic N) is 3. The van der Waals surface area contributed by atoms with E-state index in [-0.39, 0.29) is 18.4 Å². The first-order valence-corrected chi connectivity index (χ1v) is 10.1. The number of guanidine groups is 1. The van der Waals surface area contributed by atoms with Gasteiger partial charge < -0.3 is 10.6 Å². The number of halogens is 3. The predicted octanol–water partition coefficient (Wildman–Crippen LogP) is 2.90. The molecule has 1 aliphatic heterocycles. The molecule has 3 rings (SSSR count). The number of hydrogen-bond donors (Lipinski definition) is 2. The molecular formula is C19H20F3N5O2S. The summed E-state index contributed by atoms with van der Waals surface area (Å²) in [7, 11) is 1.55. The molecule has 2 aromatic rings. The number of benzene rings is 1. The molecule has 2 amide bonds. The summed E-state index contributed by atoms with van der Waals surface area (Å²) in [5.74, 6) is -0.120. The van der Waals surface area contributed by atoms with Crippen LogP contribution in [0.2, 0.25) is 0 Å². The molecule has 1 aliphatic rings. The van der Waals surface area contributed by atoms with Crippen molar-refractivity contribution in [1.29, 1.82) is 0 Å². The summed E-state index contributed by atoms with van der Waals surface area (Å²) in [6, 6.07) is 6.75. The number of aromatic nitrogens is 1. The van der Waals surface area contributed by atoms with Crippen molar-refractivity contribution in [3.63, 3.8) is 0 Å². The maximum absolute atomic E-state index is 12.6. The van der Waals surface area contributed by atoms with Crippen molar-refractivity contribution in [3.05, 3.63) is 51.5 Å². The molecule has 0 saturated heterocycles. The summed E-state index contributed by atoms with van der Waals surface area (Å²) in [4.78, 5) is 33.4. The Morgan fingerprint density at radius 1 is 1.13 bits per heavy atom. The fourth-order valence-electron chi connectivity index (χ4n) is 2.95. The van der Waals surface area contributed by atoms with Crippen LogP contribution in [0.1, 0.15) is 44.3 Å². The van der Waals surface area contributed by atoms with Gasteiger partial charge in [-0.1, -0.05) is 12.1 Å². The highest BCUT2D eigenvalue weighted by Gasteiger charge is 2.34. The number of fused-ring (bicyclic) bond motifs is 1. The fraction of sp³-hybridized carbons (Fsp3) is 0.368. The van der Waals surface area contributed by atoms with Gasteiger partial charge in [0.15, 0.2) is 11.7 Å². The summed E-state index contributed by atoms with van der Waals surface area (Å²) in [5.41, 5.74) is -0.0393. The molecular weight excluding hydrogens is 419 g/mol. The van der Waals surface area contributed by atoms with Crippen LogP contribution in [0.5, 0.6) is 0 Å². The Bertz CT molecular complexity index is 923. The topological polar surface area (TPSA) is 86.7 Å². The zero-order valence-electron chi connectivity index (χ0n) is 16.1. The molecule has 160 valence electrons. The first-order valence-electron chi connectivity index (χ1n) is 9.22. The van der Waals surface area contributed by atoms with Gasteiger partial charge in [-0.2, -0.15) is 13.2 Å². The molecule has 1 aromatic heterocycles. The molecule has 11 heteroatoms. The van der Waals surface area contributed by atoms with E-state index < -0.39 is 11.9 Å². The Balaban J connectivity index is 1.38. The monoisotopic (exact) mass is 439 g/mol. The summed E-state index contributed by atoms with van der Waals surface area (Å²) >= 11 is 0.924. The normalized spacial score (nSPS) is 14.3. The number of thiazole rings is 1. The van der Waals surface area contributed by atoms with E-state index in [2.05, 4.69) is 20.6 Å². The number of carbonyl (C=O) groups excluding carboxylic acids is 2. The number of carbonyl (C=O) groups is 2. The van der Waals surface area contributed by atoms with E-state index in [1.54, 1.807) is 31.3 Å². The lowest BCUT2D eigenvalue weighted by Crippen LogP contribution is -2.37. The molecule has 0 saturated carbocycles. The molecule has 2 heterocycles. The number of alkyl halides is 3. The summed E-state index contributed by atoms with van der Waals surface area (Å²) < 4.78 is 37.8. The number of aliphatic imine (C=N–C) groups is 1. The minimum absolute atomic E-state index is 0.120. The van der Waals surface area contributed by atoms with Crippen molar-refractivity contribution < 1.29 is 22.8 Å². The molecule has 0 bridgehead atoms. The van der Waals surface area contributed by atoms with E-state index in [1.807, 2.05) is 0 Å². The van der Waals surface area contributed by atoms with E-state index in [0.29, 0.717) is 48.0 Å². The number of nitrogens with one attached hydrogen (secondary N) is 2. The van der Waals surface area contributed by atoms with E-state index in [0.717, 1.165) is 16.7 Å². The van der Waals surface area contributed by atoms with Crippen LogP contribution in [-0.2, 0) is 12.7 Å². The van der Waals surface area contributed by atoms with Gasteiger partial charge in [0.25, 0.3) is 11.8 Å². The second-order valence-corrected chi connectivity index (χ2v) is 7.43. The Labute approximate surface area is 175 Å². The lowest BCUT2D eigenvalue weighted by Gasteiger charge is -2.14. The summed E-state index contributed by atoms with van der Waals surface area (Å²) in [5, 5.41) is 7.24. The van der Waals surface area contributed by atoms with E-state index >= 15 is 0 Å². The fourth-order valence-corrected chi connectivity index (χ4v) is 3.69. The third-order valence-corrected chi connectivity index (χ3v) is 5.30. The summed E-state index contributed by atoms with van der Waals surface area (Å²) in [6.45, 7) is 0.962. The van der Waals surface area contributed by atoms with Crippen molar-refractivity contribution >= 4 is 29.1 Å². The van der Waals surface area contributed by atoms with Gasteiger partial charge in [0, 0.05) is 25.5 Å². The smallest absolute Gasteiger partial charge is 0.356 e. The highest BCUT2D eigenvalue weighted by Crippen LogP contribution is 2.29. The van der Waals surface area contributed by atoms with Crippen LogP contribution in [0.15, 0.2) is 34.6 Å². The number of rotatable bonds is 7. The highest BCUT2D eigenvalue weighted by atomic mass is 32.1. The summed E-state index contributed by atoms with van der Waals surface area (Å²) in [6.07, 6.45) is -3.17. The van der Waals surface area contributed by atoms with Crippen molar-refractivity contribution in [2.45, 2.75) is 25.6 Å². The van der Waals surface area contributed by atoms with Crippen LogP contribution in [-0.4, -0.2) is 47.8 Å². The van der Waals surface area contributed by atoms with Crippen LogP contribution >= 0.6 is 11.3 Å². The zero-order valence-corrected chi connectivity index (χ0v) is 16.9. The molecule has 1 aromatic carbocycles. The first kappa shape index (κ1) is 21.8. The van der Waals surface area contributed by atoms with Gasteiger partial charge in [-0.05, 0) is 25.0 Å². The van der Waals surface area contributed by atoms with Gasteiger partial charge in [-0.3, -0.25) is 19.5 Å². The van der Waals surface area contributed by atoms with Crippen LogP contribution in [0.25, 0.3) is 0 Å². The average Bonchev–Trinajstić information content (AvgIpc) is 3.29. The maximum Gasteiger partial charge on any atom is 0.434 e. The maximum atomic E-state index is 12.6. The van der Waals surface area contributed by atoms with Crippen molar-refractivity contribution in [1.82, 2.24) is 20.5 Å². The SMILES string of the molecule is CN=C(NCCCCN1C(=O)c2ccccc2C1=O)NCc1nc(C(F)(F)F)cs1. The van der Waals surface area contributed by atoms with Gasteiger partial charge in [0.1, 0.15) is 5.01 Å². The number of hydrogen-bond acceptors (Lipinski definition) is 5. The molecule has 0 unspecified atom stereocenters. The molecule has 2 N–H and O–H groups in total. The van der Waals surface area contributed by atoms with Gasteiger partial charge in [-0.15, -0.1) is 11.3 Å². The minimum Gasteiger partial charge on any atom is -0.356 e. The first-order chi connectivity index (χ1) is 14.3. The molecule has 0 fully saturated rings. The molecule has 30 heavy (non-hydrogen) atoms. The van der Waals surface area contributed by atoms with Crippen LogP contribution in [0.4, 0.5) is 13.2 Å². The van der Waals surface area contributed by atoms with Crippen LogP contribution < -0.4 is 10.6 Å². The third-order valence-electron chi connectivity index (χ3n) is 4.45. The Morgan fingerprint density at radius 2 is 1.80 bits per heavy atom. The number of amides is 2. The van der Waals surface area contributed by atoms with Crippen molar-refractivity contribution in [2.24, 2.45) is 4.99 Å². The zero-order chi connectivity index (χ0) is 21.7. The Morgan fingerprint density at radius 3 is 2.37 bits per heavy atom. The second-order valence-electron chi connectivity index (χ2n) is 6.49. The van der Waals surface area contributed by atoms with Crippen molar-refractivity contribution in [3.8, 4) is 0 Å². The Hall–Kier alpha value is -2.95. The van der Waals surface area contributed by atoms with Crippen molar-refractivity contribution in [2.75, 3.05) is 20.1 Å². The lowest BCUT2D eigenvalue weighted by molar-refractivity contribution is -0.140. The largest absolute Gasteiger partial charge is 0.434 e. The number of imide groups is 1. The van der Waals surface area contributed by atoms with E-state index in [4.69, 9.17) is 0 Å².